The van der Waals surface area contributed by atoms with E-state index in [0.29, 0.717) is 11.3 Å². The number of rotatable bonds is 5. The van der Waals surface area contributed by atoms with Crippen molar-refractivity contribution >= 4 is 29.0 Å². The van der Waals surface area contributed by atoms with Gasteiger partial charge in [-0.2, -0.15) is 11.8 Å². The average molecular weight is 323 g/mol. The Kier molecular flexibility index (Phi) is 6.16. The molecule has 0 spiro atoms. The molecule has 1 heterocycles. The molecule has 5 heteroatoms. The molecule has 3 nitrogen and oxygen atoms in total. The minimum absolute atomic E-state index is 0.00414. The van der Waals surface area contributed by atoms with Crippen LogP contribution in [0, 0.1) is 11.8 Å². The largest absolute Gasteiger partial charge is 0.395 e. The molecule has 0 unspecified atom stereocenters. The molecule has 1 aromatic heterocycles. The second-order valence-electron chi connectivity index (χ2n) is 5.22. The van der Waals surface area contributed by atoms with E-state index in [-0.39, 0.29) is 17.3 Å². The molecule has 1 aliphatic rings. The summed E-state index contributed by atoms with van der Waals surface area (Å²) in [7, 11) is 0. The van der Waals surface area contributed by atoms with Crippen LogP contribution in [0.1, 0.15) is 46.7 Å². The molecule has 1 fully saturated rings. The highest BCUT2D eigenvalue weighted by atomic mass is 32.2. The number of hydrogen-bond donors (Lipinski definition) is 2. The molecule has 0 aromatic carbocycles. The summed E-state index contributed by atoms with van der Waals surface area (Å²) in [6.07, 6.45) is 7.52. The lowest BCUT2D eigenvalue weighted by molar-refractivity contribution is 0.0953. The van der Waals surface area contributed by atoms with Crippen LogP contribution >= 0.6 is 23.1 Å². The van der Waals surface area contributed by atoms with Gasteiger partial charge in [0.2, 0.25) is 0 Å². The Morgan fingerprint density at radius 2 is 2.24 bits per heavy atom. The van der Waals surface area contributed by atoms with E-state index in [2.05, 4.69) is 23.4 Å². The Bertz CT molecular complexity index is 536. The number of thiophene rings is 1. The second-order valence-corrected chi connectivity index (χ2v) is 7.57. The van der Waals surface area contributed by atoms with Crippen molar-refractivity contribution in [3.05, 3.63) is 21.9 Å². The molecule has 1 aliphatic carbocycles. The number of aliphatic hydroxyl groups excluding tert-OH is 1. The number of carbonyl (C=O) groups excluding carboxylic acids is 1. The summed E-state index contributed by atoms with van der Waals surface area (Å²) in [5.74, 6) is 5.83. The topological polar surface area (TPSA) is 49.3 Å². The Labute approximate surface area is 134 Å². The number of hydrogen-bond acceptors (Lipinski definition) is 4. The molecule has 1 aromatic rings. The Morgan fingerprint density at radius 1 is 1.48 bits per heavy atom. The van der Waals surface area contributed by atoms with E-state index in [0.717, 1.165) is 11.4 Å². The van der Waals surface area contributed by atoms with Gasteiger partial charge in [-0.25, -0.2) is 0 Å². The number of nitrogens with one attached hydrogen (secondary N) is 1. The van der Waals surface area contributed by atoms with Crippen LogP contribution in [0.25, 0.3) is 0 Å². The van der Waals surface area contributed by atoms with Gasteiger partial charge in [-0.05, 0) is 31.2 Å². The summed E-state index contributed by atoms with van der Waals surface area (Å²) in [6.45, 7) is 0.818. The fourth-order valence-corrected chi connectivity index (χ4v) is 4.24. The molecule has 1 saturated carbocycles. The predicted molar refractivity (Wildman–Crippen MR) is 89.9 cm³/mol. The van der Waals surface area contributed by atoms with Crippen molar-refractivity contribution in [2.24, 2.45) is 0 Å². The molecule has 0 saturated heterocycles. The van der Waals surface area contributed by atoms with Crippen LogP contribution in [0.15, 0.2) is 12.1 Å². The molecule has 0 aliphatic heterocycles. The Balaban J connectivity index is 1.90. The van der Waals surface area contributed by atoms with Crippen molar-refractivity contribution in [2.45, 2.75) is 36.9 Å². The first-order valence-electron chi connectivity index (χ1n) is 7.22. The van der Waals surface area contributed by atoms with Gasteiger partial charge in [-0.3, -0.25) is 4.79 Å². The van der Waals surface area contributed by atoms with Gasteiger partial charge in [0, 0.05) is 17.7 Å². The van der Waals surface area contributed by atoms with Gasteiger partial charge < -0.3 is 10.4 Å². The molecule has 1 amide bonds. The van der Waals surface area contributed by atoms with E-state index < -0.39 is 0 Å². The van der Waals surface area contributed by atoms with Gasteiger partial charge in [0.1, 0.15) is 0 Å². The van der Waals surface area contributed by atoms with Crippen LogP contribution in [-0.2, 0) is 0 Å². The number of amides is 1. The third-order valence-corrected chi connectivity index (χ3v) is 6.22. The van der Waals surface area contributed by atoms with Crippen LogP contribution in [0.4, 0.5) is 0 Å². The molecule has 21 heavy (non-hydrogen) atoms. The van der Waals surface area contributed by atoms with Crippen LogP contribution < -0.4 is 5.32 Å². The lowest BCUT2D eigenvalue weighted by Gasteiger charge is -2.26. The molecule has 114 valence electrons. The maximum Gasteiger partial charge on any atom is 0.261 e. The van der Waals surface area contributed by atoms with Gasteiger partial charge in [-0.15, -0.1) is 11.3 Å². The van der Waals surface area contributed by atoms with E-state index in [1.165, 1.54) is 37.0 Å². The smallest absolute Gasteiger partial charge is 0.261 e. The molecule has 2 rings (SSSR count). The minimum Gasteiger partial charge on any atom is -0.395 e. The first kappa shape index (κ1) is 16.4. The summed E-state index contributed by atoms with van der Waals surface area (Å²) in [5, 5.41) is 11.8. The van der Waals surface area contributed by atoms with E-state index in [9.17, 15) is 4.79 Å². The number of aliphatic hydroxyl groups is 1. The fraction of sp³-hybridized carbons (Fsp3) is 0.562. The standard InChI is InChI=1S/C16H21NO2S2/c1-20-16(9-3-4-10-16)12-17-15(19)14-8-7-13(21-14)6-2-5-11-18/h7-8,18H,3-5,9-12H2,1H3,(H,17,19). The van der Waals surface area contributed by atoms with E-state index in [4.69, 9.17) is 5.11 Å². The SMILES string of the molecule is CSC1(CNC(=O)c2ccc(C#CCCO)s2)CCCC1. The highest BCUT2D eigenvalue weighted by Gasteiger charge is 2.33. The van der Waals surface area contributed by atoms with Crippen LogP contribution in [0.5, 0.6) is 0 Å². The summed E-state index contributed by atoms with van der Waals surface area (Å²) in [4.78, 5) is 13.8. The normalized spacial score (nSPS) is 16.3. The summed E-state index contributed by atoms with van der Waals surface area (Å²) >= 11 is 3.28. The fourth-order valence-electron chi connectivity index (χ4n) is 2.53. The average Bonchev–Trinajstić information content (AvgIpc) is 3.15. The zero-order valence-corrected chi connectivity index (χ0v) is 13.9. The zero-order valence-electron chi connectivity index (χ0n) is 12.3. The van der Waals surface area contributed by atoms with Crippen molar-refractivity contribution in [1.82, 2.24) is 5.32 Å². The second kappa shape index (κ2) is 7.88. The predicted octanol–water partition coefficient (Wildman–Crippen LogP) is 2.89. The zero-order chi connectivity index (χ0) is 15.1. The van der Waals surface area contributed by atoms with E-state index in [1.807, 2.05) is 23.9 Å². The highest BCUT2D eigenvalue weighted by molar-refractivity contribution is 8.00. The Morgan fingerprint density at radius 3 is 2.90 bits per heavy atom. The summed E-state index contributed by atoms with van der Waals surface area (Å²) < 4.78 is 0.233. The van der Waals surface area contributed by atoms with Crippen LogP contribution in [0.2, 0.25) is 0 Å². The lowest BCUT2D eigenvalue weighted by Crippen LogP contribution is -2.38. The molecular formula is C16H21NO2S2. The first-order chi connectivity index (χ1) is 10.2. The maximum absolute atomic E-state index is 12.2. The lowest BCUT2D eigenvalue weighted by atomic mass is 10.1. The van der Waals surface area contributed by atoms with Gasteiger partial charge in [0.15, 0.2) is 0 Å². The third kappa shape index (κ3) is 4.50. The monoisotopic (exact) mass is 323 g/mol. The third-order valence-electron chi connectivity index (χ3n) is 3.80. The molecule has 0 radical (unpaired) electrons. The van der Waals surface area contributed by atoms with Crippen molar-refractivity contribution in [2.75, 3.05) is 19.4 Å². The minimum atomic E-state index is -0.00414. The molecule has 0 atom stereocenters. The number of thioether (sulfide) groups is 1. The summed E-state index contributed by atoms with van der Waals surface area (Å²) in [5.41, 5.74) is 0. The quantitative estimate of drug-likeness (QED) is 0.819. The van der Waals surface area contributed by atoms with Gasteiger partial charge >= 0.3 is 0 Å². The van der Waals surface area contributed by atoms with Crippen molar-refractivity contribution in [3.63, 3.8) is 0 Å². The summed E-state index contributed by atoms with van der Waals surface area (Å²) in [6, 6.07) is 3.69. The molecular weight excluding hydrogens is 302 g/mol. The van der Waals surface area contributed by atoms with Crippen molar-refractivity contribution in [3.8, 4) is 11.8 Å². The van der Waals surface area contributed by atoms with E-state index in [1.54, 1.807) is 0 Å². The van der Waals surface area contributed by atoms with Crippen LogP contribution in [0.3, 0.4) is 0 Å². The number of carbonyl (C=O) groups is 1. The van der Waals surface area contributed by atoms with Crippen molar-refractivity contribution in [1.29, 1.82) is 0 Å². The van der Waals surface area contributed by atoms with Crippen molar-refractivity contribution < 1.29 is 9.90 Å². The van der Waals surface area contributed by atoms with E-state index >= 15 is 0 Å². The highest BCUT2D eigenvalue weighted by Crippen LogP contribution is 2.39. The molecule has 2 N–H and O–H groups in total. The van der Waals surface area contributed by atoms with Gasteiger partial charge in [0.25, 0.3) is 5.91 Å². The van der Waals surface area contributed by atoms with Gasteiger partial charge in [0.05, 0.1) is 16.4 Å². The first-order valence-corrected chi connectivity index (χ1v) is 9.26. The maximum atomic E-state index is 12.2. The van der Waals surface area contributed by atoms with Crippen LogP contribution in [-0.4, -0.2) is 35.2 Å². The van der Waals surface area contributed by atoms with Gasteiger partial charge in [-0.1, -0.05) is 24.7 Å². The Hall–Kier alpha value is -0.960. The molecule has 0 bridgehead atoms.